The minimum atomic E-state index is -0.719. The standard InChI is InChI=1S/C23H22ClN3O2/c1-11-6-16(15-8-12-2-3-13(15)7-12)17(24)9-14(11)19-10-20(28)21-18(27-19)4-5-26-22(21)23(25)29/h4-6,9-10,12-13,15H,2-3,7-8H2,1H3,(H2,25,29)(H,27,28). The Morgan fingerprint density at radius 3 is 2.76 bits per heavy atom. The van der Waals surface area contributed by atoms with Crippen LogP contribution in [0.4, 0.5) is 0 Å². The molecule has 2 fully saturated rings. The van der Waals surface area contributed by atoms with Crippen molar-refractivity contribution in [1.82, 2.24) is 9.97 Å². The number of pyridine rings is 2. The second-order valence-corrected chi connectivity index (χ2v) is 8.87. The molecule has 2 saturated carbocycles. The number of fused-ring (bicyclic) bond motifs is 3. The van der Waals surface area contributed by atoms with Gasteiger partial charge in [0.2, 0.25) is 0 Å². The lowest BCUT2D eigenvalue weighted by atomic mass is 9.82. The second kappa shape index (κ2) is 6.70. The molecule has 2 aromatic heterocycles. The van der Waals surface area contributed by atoms with Gasteiger partial charge in [-0.05, 0) is 67.2 Å². The molecule has 0 radical (unpaired) electrons. The second-order valence-electron chi connectivity index (χ2n) is 8.46. The Morgan fingerprint density at radius 2 is 2.07 bits per heavy atom. The zero-order valence-corrected chi connectivity index (χ0v) is 16.9. The first kappa shape index (κ1) is 18.4. The van der Waals surface area contributed by atoms with Gasteiger partial charge in [-0.3, -0.25) is 14.6 Å². The van der Waals surface area contributed by atoms with Gasteiger partial charge in [0, 0.05) is 22.8 Å². The van der Waals surface area contributed by atoms with E-state index in [0.29, 0.717) is 17.1 Å². The quantitative estimate of drug-likeness (QED) is 0.667. The minimum absolute atomic E-state index is 0.0170. The van der Waals surface area contributed by atoms with Gasteiger partial charge in [0.15, 0.2) is 5.43 Å². The molecule has 148 valence electrons. The molecular formula is C23H22ClN3O2. The fourth-order valence-corrected chi connectivity index (χ4v) is 5.74. The molecule has 3 unspecified atom stereocenters. The number of aromatic amines is 1. The van der Waals surface area contributed by atoms with Crippen LogP contribution in [0.5, 0.6) is 0 Å². The van der Waals surface area contributed by atoms with Crippen molar-refractivity contribution in [2.24, 2.45) is 17.6 Å². The number of carbonyl (C=O) groups excluding carboxylic acids is 1. The van der Waals surface area contributed by atoms with Crippen molar-refractivity contribution in [3.05, 3.63) is 62.5 Å². The van der Waals surface area contributed by atoms with Crippen LogP contribution in [0.1, 0.15) is 53.2 Å². The number of amides is 1. The first-order valence-corrected chi connectivity index (χ1v) is 10.4. The van der Waals surface area contributed by atoms with Crippen molar-refractivity contribution in [2.75, 3.05) is 0 Å². The van der Waals surface area contributed by atoms with Crippen LogP contribution in [0.15, 0.2) is 35.3 Å². The number of carbonyl (C=O) groups is 1. The van der Waals surface area contributed by atoms with Gasteiger partial charge in [0.1, 0.15) is 5.69 Å². The maximum Gasteiger partial charge on any atom is 0.268 e. The number of nitrogens with two attached hydrogens (primary N) is 1. The molecule has 3 atom stereocenters. The van der Waals surface area contributed by atoms with E-state index in [1.807, 2.05) is 13.0 Å². The fraction of sp³-hybridized carbons (Fsp3) is 0.348. The molecule has 3 aromatic rings. The number of nitrogens with one attached hydrogen (secondary N) is 1. The summed E-state index contributed by atoms with van der Waals surface area (Å²) in [6.45, 7) is 2.05. The summed E-state index contributed by atoms with van der Waals surface area (Å²) < 4.78 is 0. The lowest BCUT2D eigenvalue weighted by molar-refractivity contribution is 0.0997. The Bertz CT molecular complexity index is 1220. The Hall–Kier alpha value is -2.66. The summed E-state index contributed by atoms with van der Waals surface area (Å²) in [4.78, 5) is 31.6. The molecule has 0 saturated heterocycles. The van der Waals surface area contributed by atoms with Gasteiger partial charge in [0.05, 0.1) is 16.6 Å². The van der Waals surface area contributed by atoms with Crippen LogP contribution in [0.25, 0.3) is 22.2 Å². The summed E-state index contributed by atoms with van der Waals surface area (Å²) in [7, 11) is 0. The number of H-pyrrole nitrogens is 1. The molecule has 29 heavy (non-hydrogen) atoms. The number of benzene rings is 1. The summed E-state index contributed by atoms with van der Waals surface area (Å²) in [5.41, 5.74) is 9.47. The first-order valence-electron chi connectivity index (χ1n) is 10.0. The predicted octanol–water partition coefficient (Wildman–Crippen LogP) is 4.55. The number of rotatable bonds is 3. The van der Waals surface area contributed by atoms with Gasteiger partial charge in [-0.15, -0.1) is 0 Å². The normalized spacial score (nSPS) is 23.0. The van der Waals surface area contributed by atoms with Gasteiger partial charge in [-0.1, -0.05) is 24.1 Å². The zero-order valence-electron chi connectivity index (χ0n) is 16.2. The van der Waals surface area contributed by atoms with Gasteiger partial charge in [-0.2, -0.15) is 0 Å². The van der Waals surface area contributed by atoms with Crippen LogP contribution in [0.3, 0.4) is 0 Å². The van der Waals surface area contributed by atoms with E-state index in [-0.39, 0.29) is 16.5 Å². The summed E-state index contributed by atoms with van der Waals surface area (Å²) in [5.74, 6) is 1.44. The molecule has 1 amide bonds. The molecule has 3 N–H and O–H groups in total. The molecule has 0 aliphatic heterocycles. The number of halogens is 1. The molecule has 5 nitrogen and oxygen atoms in total. The average molecular weight is 408 g/mol. The summed E-state index contributed by atoms with van der Waals surface area (Å²) in [5, 5.41) is 0.975. The highest BCUT2D eigenvalue weighted by atomic mass is 35.5. The summed E-state index contributed by atoms with van der Waals surface area (Å²) in [6, 6.07) is 7.32. The highest BCUT2D eigenvalue weighted by Crippen LogP contribution is 2.54. The van der Waals surface area contributed by atoms with E-state index in [2.05, 4.69) is 16.0 Å². The number of primary amides is 1. The van der Waals surface area contributed by atoms with E-state index in [1.54, 1.807) is 6.07 Å². The molecule has 2 heterocycles. The number of aryl methyl sites for hydroxylation is 1. The predicted molar refractivity (Wildman–Crippen MR) is 114 cm³/mol. The highest BCUT2D eigenvalue weighted by Gasteiger charge is 2.40. The van der Waals surface area contributed by atoms with Crippen LogP contribution in [-0.2, 0) is 0 Å². The smallest absolute Gasteiger partial charge is 0.268 e. The van der Waals surface area contributed by atoms with Crippen molar-refractivity contribution in [1.29, 1.82) is 0 Å². The molecule has 5 rings (SSSR count). The SMILES string of the molecule is Cc1cc(C2CC3CCC2C3)c(Cl)cc1-c1cc(=O)c2c(C(N)=O)nccc2[nH]1. The zero-order chi connectivity index (χ0) is 20.3. The molecule has 1 aromatic carbocycles. The van der Waals surface area contributed by atoms with E-state index in [4.69, 9.17) is 17.3 Å². The Balaban J connectivity index is 1.61. The first-order chi connectivity index (χ1) is 13.9. The Labute approximate surface area is 173 Å². The average Bonchev–Trinajstić information content (AvgIpc) is 3.32. The van der Waals surface area contributed by atoms with Crippen LogP contribution >= 0.6 is 11.6 Å². The lowest BCUT2D eigenvalue weighted by Gasteiger charge is -2.24. The maximum absolute atomic E-state index is 12.8. The van der Waals surface area contributed by atoms with Crippen LogP contribution < -0.4 is 11.2 Å². The fourth-order valence-electron chi connectivity index (χ4n) is 5.44. The number of nitrogens with zero attached hydrogens (tertiary/aromatic N) is 1. The topological polar surface area (TPSA) is 88.8 Å². The molecule has 6 heteroatoms. The van der Waals surface area contributed by atoms with Crippen LogP contribution in [-0.4, -0.2) is 15.9 Å². The molecule has 2 aliphatic rings. The molecule has 2 aliphatic carbocycles. The third kappa shape index (κ3) is 2.96. The van der Waals surface area contributed by atoms with Crippen molar-refractivity contribution in [3.8, 4) is 11.3 Å². The largest absolute Gasteiger partial charge is 0.364 e. The van der Waals surface area contributed by atoms with Crippen molar-refractivity contribution in [3.63, 3.8) is 0 Å². The molecule has 2 bridgehead atoms. The van der Waals surface area contributed by atoms with Crippen molar-refractivity contribution in [2.45, 2.75) is 38.5 Å². The monoisotopic (exact) mass is 407 g/mol. The van der Waals surface area contributed by atoms with Gasteiger partial charge < -0.3 is 10.7 Å². The molecule has 0 spiro atoms. The van der Waals surface area contributed by atoms with E-state index >= 15 is 0 Å². The van der Waals surface area contributed by atoms with E-state index in [0.717, 1.165) is 28.0 Å². The van der Waals surface area contributed by atoms with Crippen molar-refractivity contribution >= 4 is 28.4 Å². The van der Waals surface area contributed by atoms with Crippen LogP contribution in [0.2, 0.25) is 5.02 Å². The summed E-state index contributed by atoms with van der Waals surface area (Å²) >= 11 is 6.73. The third-order valence-corrected chi connectivity index (χ3v) is 7.07. The minimum Gasteiger partial charge on any atom is -0.364 e. The maximum atomic E-state index is 12.8. The third-order valence-electron chi connectivity index (χ3n) is 6.75. The van der Waals surface area contributed by atoms with E-state index in [9.17, 15) is 9.59 Å². The number of hydrogen-bond acceptors (Lipinski definition) is 3. The van der Waals surface area contributed by atoms with Gasteiger partial charge in [0.25, 0.3) is 5.91 Å². The number of hydrogen-bond donors (Lipinski definition) is 2. The Morgan fingerprint density at radius 1 is 1.24 bits per heavy atom. The van der Waals surface area contributed by atoms with Gasteiger partial charge >= 0.3 is 0 Å². The Kier molecular flexibility index (Phi) is 4.24. The highest BCUT2D eigenvalue weighted by molar-refractivity contribution is 6.31. The summed E-state index contributed by atoms with van der Waals surface area (Å²) in [6.07, 6.45) is 6.70. The lowest BCUT2D eigenvalue weighted by Crippen LogP contribution is -2.17. The van der Waals surface area contributed by atoms with Crippen molar-refractivity contribution < 1.29 is 4.79 Å². The van der Waals surface area contributed by atoms with Gasteiger partial charge in [-0.25, -0.2) is 0 Å². The van der Waals surface area contributed by atoms with E-state index < -0.39 is 5.91 Å². The van der Waals surface area contributed by atoms with E-state index in [1.165, 1.54) is 43.5 Å². The number of aromatic nitrogens is 2. The molecular weight excluding hydrogens is 386 g/mol. The van der Waals surface area contributed by atoms with Crippen LogP contribution in [0, 0.1) is 18.8 Å².